The topological polar surface area (TPSA) is 84.1 Å². The summed E-state index contributed by atoms with van der Waals surface area (Å²) in [4.78, 5) is 17.9. The molecule has 1 aliphatic heterocycles. The first-order chi connectivity index (χ1) is 8.13. The Hall–Kier alpha value is -1.05. The maximum absolute atomic E-state index is 11.7. The van der Waals surface area contributed by atoms with Crippen LogP contribution in [0.15, 0.2) is 0 Å². The molecule has 3 N–H and O–H groups in total. The number of anilines is 1. The van der Waals surface area contributed by atoms with Gasteiger partial charge in [0.2, 0.25) is 11.0 Å². The van der Waals surface area contributed by atoms with Crippen molar-refractivity contribution in [3.05, 3.63) is 5.82 Å². The van der Waals surface area contributed by atoms with Crippen molar-refractivity contribution in [3.63, 3.8) is 0 Å². The molecule has 1 aromatic heterocycles. The highest BCUT2D eigenvalue weighted by molar-refractivity contribution is 7.09. The third-order valence-electron chi connectivity index (χ3n) is 2.77. The molecule has 1 aromatic rings. The average molecular weight is 255 g/mol. The number of hydrogen-bond donors (Lipinski definition) is 2. The van der Waals surface area contributed by atoms with E-state index in [0.29, 0.717) is 23.5 Å². The third kappa shape index (κ3) is 3.72. The number of aromatic nitrogens is 2. The maximum Gasteiger partial charge on any atom is 0.240 e. The second-order valence-corrected chi connectivity index (χ2v) is 5.06. The predicted octanol–water partition coefficient (Wildman–Crippen LogP) is 0.208. The quantitative estimate of drug-likeness (QED) is 0.806. The SMILES string of the molecule is Cc1nsc(NC(=O)CN2CCC(N)CC2)n1. The number of nitrogens with two attached hydrogens (primary N) is 1. The molecular formula is C10H17N5OS. The monoisotopic (exact) mass is 255 g/mol. The van der Waals surface area contributed by atoms with Crippen molar-refractivity contribution in [2.45, 2.75) is 25.8 Å². The summed E-state index contributed by atoms with van der Waals surface area (Å²) in [5.41, 5.74) is 5.81. The number of nitrogens with zero attached hydrogens (tertiary/aromatic N) is 3. The van der Waals surface area contributed by atoms with Crippen molar-refractivity contribution in [2.24, 2.45) is 5.73 Å². The summed E-state index contributed by atoms with van der Waals surface area (Å²) in [7, 11) is 0. The van der Waals surface area contributed by atoms with Crippen LogP contribution in [0.5, 0.6) is 0 Å². The molecule has 2 heterocycles. The number of amides is 1. The molecule has 0 spiro atoms. The van der Waals surface area contributed by atoms with Gasteiger partial charge in [0.15, 0.2) is 0 Å². The number of carbonyl (C=O) groups excluding carboxylic acids is 1. The van der Waals surface area contributed by atoms with E-state index in [9.17, 15) is 4.79 Å². The average Bonchev–Trinajstić information content (AvgIpc) is 2.67. The van der Waals surface area contributed by atoms with Crippen LogP contribution in [0.1, 0.15) is 18.7 Å². The minimum Gasteiger partial charge on any atom is -0.328 e. The second-order valence-electron chi connectivity index (χ2n) is 4.31. The number of carbonyl (C=O) groups is 1. The molecule has 7 heteroatoms. The molecule has 0 atom stereocenters. The number of nitrogens with one attached hydrogen (secondary N) is 1. The van der Waals surface area contributed by atoms with Crippen LogP contribution in [-0.2, 0) is 4.79 Å². The Balaban J connectivity index is 1.77. The van der Waals surface area contributed by atoms with E-state index in [1.54, 1.807) is 6.92 Å². The molecule has 0 radical (unpaired) electrons. The number of piperidine rings is 1. The number of hydrogen-bond acceptors (Lipinski definition) is 6. The largest absolute Gasteiger partial charge is 0.328 e. The van der Waals surface area contributed by atoms with E-state index in [2.05, 4.69) is 19.6 Å². The first-order valence-electron chi connectivity index (χ1n) is 5.71. The highest BCUT2D eigenvalue weighted by atomic mass is 32.1. The summed E-state index contributed by atoms with van der Waals surface area (Å²) in [5, 5.41) is 3.32. The van der Waals surface area contributed by atoms with E-state index in [4.69, 9.17) is 5.73 Å². The van der Waals surface area contributed by atoms with Gasteiger partial charge in [-0.25, -0.2) is 4.98 Å². The van der Waals surface area contributed by atoms with E-state index in [-0.39, 0.29) is 5.91 Å². The Labute approximate surface area is 104 Å². The lowest BCUT2D eigenvalue weighted by atomic mass is 10.1. The maximum atomic E-state index is 11.7. The Kier molecular flexibility index (Phi) is 4.03. The van der Waals surface area contributed by atoms with Gasteiger partial charge in [-0.2, -0.15) is 4.37 Å². The van der Waals surface area contributed by atoms with Gasteiger partial charge < -0.3 is 5.73 Å². The zero-order valence-corrected chi connectivity index (χ0v) is 10.7. The van der Waals surface area contributed by atoms with Gasteiger partial charge in [-0.05, 0) is 19.8 Å². The van der Waals surface area contributed by atoms with Gasteiger partial charge in [0.1, 0.15) is 5.82 Å². The van der Waals surface area contributed by atoms with Crippen LogP contribution >= 0.6 is 11.5 Å². The normalized spacial score (nSPS) is 18.2. The van der Waals surface area contributed by atoms with Crippen LogP contribution in [0, 0.1) is 6.92 Å². The van der Waals surface area contributed by atoms with Crippen molar-refractivity contribution in [3.8, 4) is 0 Å². The van der Waals surface area contributed by atoms with E-state index in [0.717, 1.165) is 25.9 Å². The highest BCUT2D eigenvalue weighted by Gasteiger charge is 2.18. The summed E-state index contributed by atoms with van der Waals surface area (Å²) in [6.45, 7) is 4.00. The molecule has 0 saturated carbocycles. The molecule has 0 bridgehead atoms. The molecule has 0 unspecified atom stereocenters. The highest BCUT2D eigenvalue weighted by Crippen LogP contribution is 2.11. The third-order valence-corrected chi connectivity index (χ3v) is 3.50. The van der Waals surface area contributed by atoms with Crippen molar-refractivity contribution in [1.82, 2.24) is 14.3 Å². The van der Waals surface area contributed by atoms with Gasteiger partial charge in [0.05, 0.1) is 6.54 Å². The lowest BCUT2D eigenvalue weighted by molar-refractivity contribution is -0.117. The minimum absolute atomic E-state index is 0.0309. The van der Waals surface area contributed by atoms with Crippen molar-refractivity contribution < 1.29 is 4.79 Å². The fraction of sp³-hybridized carbons (Fsp3) is 0.700. The number of likely N-dealkylation sites (tertiary alicyclic amines) is 1. The van der Waals surface area contributed by atoms with Gasteiger partial charge in [-0.3, -0.25) is 15.0 Å². The molecule has 17 heavy (non-hydrogen) atoms. The van der Waals surface area contributed by atoms with E-state index >= 15 is 0 Å². The van der Waals surface area contributed by atoms with Crippen LogP contribution in [0.25, 0.3) is 0 Å². The Bertz CT molecular complexity index is 386. The van der Waals surface area contributed by atoms with Crippen LogP contribution in [-0.4, -0.2) is 45.8 Å². The molecule has 6 nitrogen and oxygen atoms in total. The summed E-state index contributed by atoms with van der Waals surface area (Å²) in [6, 6.07) is 0.292. The lowest BCUT2D eigenvalue weighted by Gasteiger charge is -2.29. The van der Waals surface area contributed by atoms with E-state index < -0.39 is 0 Å². The Morgan fingerprint density at radius 2 is 2.29 bits per heavy atom. The first-order valence-corrected chi connectivity index (χ1v) is 6.49. The minimum atomic E-state index is -0.0309. The summed E-state index contributed by atoms with van der Waals surface area (Å²) in [5.74, 6) is 0.658. The fourth-order valence-electron chi connectivity index (χ4n) is 1.82. The van der Waals surface area contributed by atoms with Gasteiger partial charge in [-0.1, -0.05) is 0 Å². The molecule has 0 aromatic carbocycles. The Morgan fingerprint density at radius 3 is 2.88 bits per heavy atom. The van der Waals surface area contributed by atoms with Crippen LogP contribution in [0.2, 0.25) is 0 Å². The Morgan fingerprint density at radius 1 is 1.59 bits per heavy atom. The molecular weight excluding hydrogens is 238 g/mol. The summed E-state index contributed by atoms with van der Waals surface area (Å²) in [6.07, 6.45) is 1.93. The van der Waals surface area contributed by atoms with E-state index in [1.807, 2.05) is 0 Å². The van der Waals surface area contributed by atoms with Gasteiger partial charge in [-0.15, -0.1) is 0 Å². The summed E-state index contributed by atoms with van der Waals surface area (Å²) >= 11 is 1.21. The van der Waals surface area contributed by atoms with Gasteiger partial charge >= 0.3 is 0 Å². The zero-order chi connectivity index (χ0) is 12.3. The van der Waals surface area contributed by atoms with Gasteiger partial charge in [0.25, 0.3) is 0 Å². The molecule has 94 valence electrons. The van der Waals surface area contributed by atoms with Crippen molar-refractivity contribution in [1.29, 1.82) is 0 Å². The standard InChI is InChI=1S/C10H17N5OS/c1-7-12-10(17-14-7)13-9(16)6-15-4-2-8(11)3-5-15/h8H,2-6,11H2,1H3,(H,12,13,14,16). The van der Waals surface area contributed by atoms with Crippen molar-refractivity contribution >= 4 is 22.6 Å². The van der Waals surface area contributed by atoms with Crippen molar-refractivity contribution in [2.75, 3.05) is 25.0 Å². The molecule has 1 fully saturated rings. The smallest absolute Gasteiger partial charge is 0.240 e. The molecule has 0 aliphatic carbocycles. The van der Waals surface area contributed by atoms with Crippen LogP contribution in [0.3, 0.4) is 0 Å². The first kappa shape index (κ1) is 12.4. The molecule has 1 saturated heterocycles. The lowest BCUT2D eigenvalue weighted by Crippen LogP contribution is -2.43. The number of rotatable bonds is 3. The number of aryl methyl sites for hydroxylation is 1. The summed E-state index contributed by atoms with van der Waals surface area (Å²) < 4.78 is 4.01. The predicted molar refractivity (Wildman–Crippen MR) is 66.9 cm³/mol. The van der Waals surface area contributed by atoms with Crippen LogP contribution in [0.4, 0.5) is 5.13 Å². The van der Waals surface area contributed by atoms with E-state index in [1.165, 1.54) is 11.5 Å². The van der Waals surface area contributed by atoms with Crippen LogP contribution < -0.4 is 11.1 Å². The molecule has 1 aliphatic rings. The fourth-order valence-corrected chi connectivity index (χ4v) is 2.41. The second kappa shape index (κ2) is 5.52. The zero-order valence-electron chi connectivity index (χ0n) is 9.85. The molecule has 2 rings (SSSR count). The molecule has 1 amide bonds. The van der Waals surface area contributed by atoms with Gasteiger partial charge in [0, 0.05) is 30.7 Å².